The van der Waals surface area contributed by atoms with Crippen LogP contribution in [0, 0.1) is 0 Å². The molecule has 0 fully saturated rings. The van der Waals surface area contributed by atoms with Gasteiger partial charge in [0.1, 0.15) is 29.5 Å². The number of nitrogens with one attached hydrogen (secondary N) is 1. The fourth-order valence-corrected chi connectivity index (χ4v) is 3.27. The van der Waals surface area contributed by atoms with E-state index in [1.807, 2.05) is 72.8 Å². The molecule has 1 aromatic heterocycles. The van der Waals surface area contributed by atoms with Gasteiger partial charge in [0.2, 0.25) is 0 Å². The fraction of sp³-hybridized carbons (Fsp3) is 0.0385. The largest absolute Gasteiger partial charge is 0.457 e. The van der Waals surface area contributed by atoms with Crippen molar-refractivity contribution in [1.29, 1.82) is 0 Å². The molecule has 158 valence electrons. The molecule has 0 atom stereocenters. The third kappa shape index (κ3) is 4.82. The summed E-state index contributed by atoms with van der Waals surface area (Å²) in [5.41, 5.74) is 9.29. The summed E-state index contributed by atoms with van der Waals surface area (Å²) in [7, 11) is 0. The van der Waals surface area contributed by atoms with Gasteiger partial charge in [-0.2, -0.15) is 0 Å². The molecule has 0 radical (unpaired) electrons. The molecule has 6 heteroatoms. The Balaban J connectivity index is 1.54. The van der Waals surface area contributed by atoms with E-state index in [0.717, 1.165) is 16.9 Å². The number of ether oxygens (including phenoxy) is 1. The number of nitrogen functional groups attached to an aromatic ring is 1. The van der Waals surface area contributed by atoms with Gasteiger partial charge in [-0.3, -0.25) is 4.79 Å². The molecule has 0 spiro atoms. The van der Waals surface area contributed by atoms with Crippen molar-refractivity contribution in [2.24, 2.45) is 0 Å². The van der Waals surface area contributed by atoms with Gasteiger partial charge >= 0.3 is 0 Å². The van der Waals surface area contributed by atoms with E-state index < -0.39 is 0 Å². The lowest BCUT2D eigenvalue weighted by Gasteiger charge is -2.14. The average molecular weight is 422 g/mol. The van der Waals surface area contributed by atoms with E-state index in [1.54, 1.807) is 6.07 Å². The van der Waals surface area contributed by atoms with Crippen molar-refractivity contribution in [3.8, 4) is 22.6 Å². The number of carbonyl (C=O) groups is 1. The van der Waals surface area contributed by atoms with Crippen molar-refractivity contribution in [3.05, 3.63) is 109 Å². The molecular weight excluding hydrogens is 400 g/mol. The molecule has 0 aliphatic rings. The fourth-order valence-electron chi connectivity index (χ4n) is 3.27. The summed E-state index contributed by atoms with van der Waals surface area (Å²) in [6, 6.07) is 24.6. The minimum atomic E-state index is -0.114. The summed E-state index contributed by atoms with van der Waals surface area (Å²) in [4.78, 5) is 20.4. The number of para-hydroxylation sites is 1. The predicted octanol–water partition coefficient (Wildman–Crippen LogP) is 5.50. The zero-order valence-electron chi connectivity index (χ0n) is 17.4. The van der Waals surface area contributed by atoms with Gasteiger partial charge < -0.3 is 15.8 Å². The van der Waals surface area contributed by atoms with Crippen LogP contribution in [0.5, 0.6) is 11.5 Å². The van der Waals surface area contributed by atoms with Gasteiger partial charge in [0, 0.05) is 12.1 Å². The number of ketones is 1. The molecular formula is C26H22N4O2. The first-order valence-corrected chi connectivity index (χ1v) is 10.1. The van der Waals surface area contributed by atoms with Crippen LogP contribution < -0.4 is 15.8 Å². The minimum Gasteiger partial charge on any atom is -0.457 e. The number of hydrogen-bond donors (Lipinski definition) is 2. The summed E-state index contributed by atoms with van der Waals surface area (Å²) >= 11 is 0. The Morgan fingerprint density at radius 1 is 0.969 bits per heavy atom. The molecule has 0 saturated heterocycles. The first-order chi connectivity index (χ1) is 15.6. The second kappa shape index (κ2) is 9.57. The second-order valence-corrected chi connectivity index (χ2v) is 7.04. The molecule has 0 bridgehead atoms. The smallest absolute Gasteiger partial charge is 0.185 e. The lowest BCUT2D eigenvalue weighted by Crippen LogP contribution is -2.07. The highest BCUT2D eigenvalue weighted by Gasteiger charge is 2.12. The third-order valence-corrected chi connectivity index (χ3v) is 4.86. The third-order valence-electron chi connectivity index (χ3n) is 4.86. The molecule has 0 aliphatic carbocycles. The van der Waals surface area contributed by atoms with Gasteiger partial charge in [0.05, 0.1) is 5.56 Å². The van der Waals surface area contributed by atoms with Crippen LogP contribution in [0.15, 0.2) is 97.8 Å². The standard InChI is InChI=1S/C26H22N4O2/c1-2-23(31)20-8-6-7-18(15-20)16-28-26-24(25(27)29-17-30-26)19-11-13-22(14-12-19)32-21-9-4-3-5-10-21/h2-15,17H,1,16H2,(H3,27,28,29,30). The average Bonchev–Trinajstić information content (AvgIpc) is 2.84. The normalized spacial score (nSPS) is 10.4. The highest BCUT2D eigenvalue weighted by atomic mass is 16.5. The maximum absolute atomic E-state index is 11.9. The Morgan fingerprint density at radius 3 is 2.47 bits per heavy atom. The SMILES string of the molecule is C=CC(=O)c1cccc(CNc2ncnc(N)c2-c2ccc(Oc3ccccc3)cc2)c1. The highest BCUT2D eigenvalue weighted by Crippen LogP contribution is 2.32. The van der Waals surface area contributed by atoms with Crippen LogP contribution in [0.25, 0.3) is 11.1 Å². The van der Waals surface area contributed by atoms with Gasteiger partial charge in [-0.25, -0.2) is 9.97 Å². The van der Waals surface area contributed by atoms with Gasteiger partial charge in [-0.1, -0.05) is 55.1 Å². The van der Waals surface area contributed by atoms with Crippen LogP contribution in [0.2, 0.25) is 0 Å². The molecule has 0 unspecified atom stereocenters. The summed E-state index contributed by atoms with van der Waals surface area (Å²) < 4.78 is 5.86. The number of anilines is 2. The van der Waals surface area contributed by atoms with E-state index in [2.05, 4.69) is 21.9 Å². The maximum atomic E-state index is 11.9. The van der Waals surface area contributed by atoms with Gasteiger partial charge in [-0.15, -0.1) is 0 Å². The first kappa shape index (κ1) is 20.8. The second-order valence-electron chi connectivity index (χ2n) is 7.04. The Labute approximate surface area is 186 Å². The number of nitrogens with two attached hydrogens (primary N) is 1. The lowest BCUT2D eigenvalue weighted by molar-refractivity contribution is 0.104. The predicted molar refractivity (Wildman–Crippen MR) is 127 cm³/mol. The lowest BCUT2D eigenvalue weighted by atomic mass is 10.1. The zero-order valence-corrected chi connectivity index (χ0v) is 17.4. The summed E-state index contributed by atoms with van der Waals surface area (Å²) in [5, 5.41) is 3.31. The van der Waals surface area contributed by atoms with E-state index >= 15 is 0 Å². The van der Waals surface area contributed by atoms with Gasteiger partial charge in [-0.05, 0) is 47.5 Å². The zero-order chi connectivity index (χ0) is 22.3. The number of hydrogen-bond acceptors (Lipinski definition) is 6. The van der Waals surface area contributed by atoms with Crippen LogP contribution in [0.1, 0.15) is 15.9 Å². The molecule has 4 aromatic rings. The van der Waals surface area contributed by atoms with E-state index in [4.69, 9.17) is 10.5 Å². The monoisotopic (exact) mass is 422 g/mol. The number of carbonyl (C=O) groups excluding carboxylic acids is 1. The maximum Gasteiger partial charge on any atom is 0.185 e. The number of aromatic nitrogens is 2. The molecule has 32 heavy (non-hydrogen) atoms. The number of allylic oxidation sites excluding steroid dienone is 1. The van der Waals surface area contributed by atoms with Gasteiger partial charge in [0.15, 0.2) is 5.78 Å². The Kier molecular flexibility index (Phi) is 6.22. The Morgan fingerprint density at radius 2 is 1.72 bits per heavy atom. The quantitative estimate of drug-likeness (QED) is 0.288. The molecule has 6 nitrogen and oxygen atoms in total. The first-order valence-electron chi connectivity index (χ1n) is 10.1. The Bertz CT molecular complexity index is 1240. The van der Waals surface area contributed by atoms with E-state index in [1.165, 1.54) is 12.4 Å². The highest BCUT2D eigenvalue weighted by molar-refractivity contribution is 6.04. The van der Waals surface area contributed by atoms with E-state index in [-0.39, 0.29) is 5.78 Å². The van der Waals surface area contributed by atoms with Crippen molar-refractivity contribution in [3.63, 3.8) is 0 Å². The summed E-state index contributed by atoms with van der Waals surface area (Å²) in [6.07, 6.45) is 2.73. The number of rotatable bonds is 8. The summed E-state index contributed by atoms with van der Waals surface area (Å²) in [5.74, 6) is 2.34. The molecule has 4 rings (SSSR count). The number of benzene rings is 3. The van der Waals surface area contributed by atoms with Crippen LogP contribution >= 0.6 is 0 Å². The molecule has 1 heterocycles. The van der Waals surface area contributed by atoms with Crippen molar-refractivity contribution in [2.45, 2.75) is 6.54 Å². The van der Waals surface area contributed by atoms with Crippen molar-refractivity contribution in [1.82, 2.24) is 9.97 Å². The Hall–Kier alpha value is -4.45. The topological polar surface area (TPSA) is 90.1 Å². The molecule has 3 aromatic carbocycles. The van der Waals surface area contributed by atoms with Crippen molar-refractivity contribution in [2.75, 3.05) is 11.1 Å². The van der Waals surface area contributed by atoms with E-state index in [0.29, 0.717) is 35.1 Å². The summed E-state index contributed by atoms with van der Waals surface area (Å²) in [6.45, 7) is 4.01. The molecule has 0 saturated carbocycles. The van der Waals surface area contributed by atoms with E-state index in [9.17, 15) is 4.79 Å². The van der Waals surface area contributed by atoms with Crippen LogP contribution in [-0.2, 0) is 6.54 Å². The van der Waals surface area contributed by atoms with Crippen LogP contribution in [-0.4, -0.2) is 15.8 Å². The molecule has 0 amide bonds. The molecule has 3 N–H and O–H groups in total. The minimum absolute atomic E-state index is 0.114. The van der Waals surface area contributed by atoms with Gasteiger partial charge in [0.25, 0.3) is 0 Å². The van der Waals surface area contributed by atoms with Crippen molar-refractivity contribution >= 4 is 17.4 Å². The number of nitrogens with zero attached hydrogens (tertiary/aromatic N) is 2. The van der Waals surface area contributed by atoms with Crippen LogP contribution in [0.3, 0.4) is 0 Å². The van der Waals surface area contributed by atoms with Crippen LogP contribution in [0.4, 0.5) is 11.6 Å². The molecule has 0 aliphatic heterocycles. The van der Waals surface area contributed by atoms with Crippen molar-refractivity contribution < 1.29 is 9.53 Å².